The summed E-state index contributed by atoms with van der Waals surface area (Å²) in [5.41, 5.74) is 0.570. The maximum atomic E-state index is 10.2. The van der Waals surface area contributed by atoms with Gasteiger partial charge in [0.1, 0.15) is 11.4 Å². The maximum Gasteiger partial charge on any atom is 0.140 e. The van der Waals surface area contributed by atoms with E-state index in [0.29, 0.717) is 6.42 Å². The molecule has 0 amide bonds. The lowest BCUT2D eigenvalue weighted by Gasteiger charge is -2.39. The van der Waals surface area contributed by atoms with E-state index in [1.165, 1.54) is 0 Å². The molecule has 0 aliphatic carbocycles. The van der Waals surface area contributed by atoms with E-state index >= 15 is 0 Å². The Morgan fingerprint density at radius 2 is 2.19 bits per heavy atom. The second-order valence-electron chi connectivity index (χ2n) is 4.69. The molecule has 2 heterocycles. The van der Waals surface area contributed by atoms with Gasteiger partial charge in [0.2, 0.25) is 0 Å². The number of hydrogen-bond donors (Lipinski definition) is 1. The predicted molar refractivity (Wildman–Crippen MR) is 59.4 cm³/mol. The fraction of sp³-hybridized carbons (Fsp3) is 0.538. The molecule has 3 nitrogen and oxygen atoms in total. The van der Waals surface area contributed by atoms with Crippen molar-refractivity contribution in [1.82, 2.24) is 0 Å². The highest BCUT2D eigenvalue weighted by Gasteiger charge is 2.48. The third kappa shape index (κ3) is 1.35. The molecule has 16 heavy (non-hydrogen) atoms. The maximum absolute atomic E-state index is 10.2. The molecular weight excluding hydrogens is 204 g/mol. The van der Waals surface area contributed by atoms with Crippen LogP contribution in [0.25, 0.3) is 0 Å². The van der Waals surface area contributed by atoms with Gasteiger partial charge in [0, 0.05) is 18.4 Å². The van der Waals surface area contributed by atoms with Crippen LogP contribution in [0.4, 0.5) is 0 Å². The van der Waals surface area contributed by atoms with E-state index in [-0.39, 0.29) is 11.7 Å². The van der Waals surface area contributed by atoms with E-state index in [9.17, 15) is 5.11 Å². The lowest BCUT2D eigenvalue weighted by molar-refractivity contribution is -0.0565. The SMILES string of the molecule is CC1OCCC12C[C@H](O)c1ccccc1O2. The molecule has 1 saturated heterocycles. The van der Waals surface area contributed by atoms with Gasteiger partial charge in [-0.15, -0.1) is 0 Å². The first-order chi connectivity index (χ1) is 7.71. The topological polar surface area (TPSA) is 38.7 Å². The first-order valence-electron chi connectivity index (χ1n) is 5.79. The number of hydrogen-bond acceptors (Lipinski definition) is 3. The Morgan fingerprint density at radius 3 is 2.94 bits per heavy atom. The Kier molecular flexibility index (Phi) is 2.19. The van der Waals surface area contributed by atoms with Crippen LogP contribution in [-0.2, 0) is 4.74 Å². The summed E-state index contributed by atoms with van der Waals surface area (Å²) in [4.78, 5) is 0. The van der Waals surface area contributed by atoms with Gasteiger partial charge in [0.05, 0.1) is 18.8 Å². The molecule has 2 unspecified atom stereocenters. The highest BCUT2D eigenvalue weighted by molar-refractivity contribution is 5.38. The van der Waals surface area contributed by atoms with E-state index in [4.69, 9.17) is 9.47 Å². The third-order valence-electron chi connectivity index (χ3n) is 3.76. The molecule has 3 atom stereocenters. The highest BCUT2D eigenvalue weighted by atomic mass is 16.6. The largest absolute Gasteiger partial charge is 0.484 e. The number of aliphatic hydroxyl groups excluding tert-OH is 1. The van der Waals surface area contributed by atoms with Gasteiger partial charge >= 0.3 is 0 Å². The van der Waals surface area contributed by atoms with Crippen LogP contribution in [0.3, 0.4) is 0 Å². The summed E-state index contributed by atoms with van der Waals surface area (Å²) in [6.07, 6.45) is 1.11. The van der Waals surface area contributed by atoms with E-state index in [1.807, 2.05) is 31.2 Å². The Morgan fingerprint density at radius 1 is 1.38 bits per heavy atom. The Balaban J connectivity index is 2.00. The second kappa shape index (κ2) is 3.47. The Hall–Kier alpha value is -1.06. The van der Waals surface area contributed by atoms with Crippen LogP contribution in [0, 0.1) is 0 Å². The quantitative estimate of drug-likeness (QED) is 0.727. The molecule has 1 fully saturated rings. The first-order valence-corrected chi connectivity index (χ1v) is 5.79. The lowest BCUT2D eigenvalue weighted by atomic mass is 9.84. The normalized spacial score (nSPS) is 37.1. The number of rotatable bonds is 0. The fourth-order valence-electron chi connectivity index (χ4n) is 2.71. The van der Waals surface area contributed by atoms with E-state index < -0.39 is 6.10 Å². The van der Waals surface area contributed by atoms with Gasteiger partial charge < -0.3 is 14.6 Å². The van der Waals surface area contributed by atoms with Crippen molar-refractivity contribution in [2.75, 3.05) is 6.61 Å². The molecule has 3 heteroatoms. The minimum atomic E-state index is -0.436. The third-order valence-corrected chi connectivity index (χ3v) is 3.76. The Labute approximate surface area is 95.0 Å². The summed E-state index contributed by atoms with van der Waals surface area (Å²) in [5, 5.41) is 10.2. The fourth-order valence-corrected chi connectivity index (χ4v) is 2.71. The number of aliphatic hydroxyl groups is 1. The van der Waals surface area contributed by atoms with Crippen molar-refractivity contribution in [2.45, 2.75) is 37.6 Å². The predicted octanol–water partition coefficient (Wildman–Crippen LogP) is 2.05. The van der Waals surface area contributed by atoms with Crippen molar-refractivity contribution in [2.24, 2.45) is 0 Å². The van der Waals surface area contributed by atoms with Crippen LogP contribution in [0.15, 0.2) is 24.3 Å². The van der Waals surface area contributed by atoms with E-state index in [0.717, 1.165) is 24.3 Å². The molecule has 2 aliphatic rings. The molecule has 3 rings (SSSR count). The van der Waals surface area contributed by atoms with Gasteiger partial charge in [-0.25, -0.2) is 0 Å². The smallest absolute Gasteiger partial charge is 0.140 e. The molecule has 86 valence electrons. The average Bonchev–Trinajstić information content (AvgIpc) is 2.60. The Bertz CT molecular complexity index is 404. The number of benzene rings is 1. The van der Waals surface area contributed by atoms with Crippen molar-refractivity contribution in [3.05, 3.63) is 29.8 Å². The number of para-hydroxylation sites is 1. The summed E-state index contributed by atoms with van der Waals surface area (Å²) in [6, 6.07) is 7.71. The molecule has 0 aromatic heterocycles. The minimum Gasteiger partial charge on any atom is -0.484 e. The summed E-state index contributed by atoms with van der Waals surface area (Å²) >= 11 is 0. The molecular formula is C13H16O3. The lowest BCUT2D eigenvalue weighted by Crippen LogP contribution is -2.46. The standard InChI is InChI=1S/C13H16O3/c1-9-13(6-7-15-9)8-11(14)10-4-2-3-5-12(10)16-13/h2-5,9,11,14H,6-8H2,1H3/t9?,11-,13?/m0/s1. The monoisotopic (exact) mass is 220 g/mol. The van der Waals surface area contributed by atoms with Crippen molar-refractivity contribution in [3.63, 3.8) is 0 Å². The molecule has 1 N–H and O–H groups in total. The molecule has 1 aromatic carbocycles. The van der Waals surface area contributed by atoms with Crippen LogP contribution in [-0.4, -0.2) is 23.4 Å². The van der Waals surface area contributed by atoms with Gasteiger partial charge in [-0.3, -0.25) is 0 Å². The molecule has 1 spiro atoms. The van der Waals surface area contributed by atoms with Gasteiger partial charge in [-0.2, -0.15) is 0 Å². The van der Waals surface area contributed by atoms with Crippen LogP contribution < -0.4 is 4.74 Å². The van der Waals surface area contributed by atoms with Crippen molar-refractivity contribution >= 4 is 0 Å². The van der Waals surface area contributed by atoms with Crippen LogP contribution >= 0.6 is 0 Å². The number of ether oxygens (including phenoxy) is 2. The van der Waals surface area contributed by atoms with Gasteiger partial charge in [-0.05, 0) is 13.0 Å². The van der Waals surface area contributed by atoms with Crippen molar-refractivity contribution in [3.8, 4) is 5.75 Å². The van der Waals surface area contributed by atoms with Crippen LogP contribution in [0.1, 0.15) is 31.4 Å². The average molecular weight is 220 g/mol. The van der Waals surface area contributed by atoms with Crippen molar-refractivity contribution in [1.29, 1.82) is 0 Å². The molecule has 2 aliphatic heterocycles. The van der Waals surface area contributed by atoms with Gasteiger partial charge in [-0.1, -0.05) is 18.2 Å². The van der Waals surface area contributed by atoms with Crippen molar-refractivity contribution < 1.29 is 14.6 Å². The van der Waals surface area contributed by atoms with E-state index in [2.05, 4.69) is 0 Å². The minimum absolute atomic E-state index is 0.0514. The van der Waals surface area contributed by atoms with Crippen LogP contribution in [0.5, 0.6) is 5.75 Å². The van der Waals surface area contributed by atoms with E-state index in [1.54, 1.807) is 0 Å². The zero-order chi connectivity index (χ0) is 11.2. The zero-order valence-electron chi connectivity index (χ0n) is 9.35. The van der Waals surface area contributed by atoms with Gasteiger partial charge in [0.25, 0.3) is 0 Å². The second-order valence-corrected chi connectivity index (χ2v) is 4.69. The first kappa shape index (κ1) is 10.1. The number of fused-ring (bicyclic) bond motifs is 1. The summed E-state index contributed by atoms with van der Waals surface area (Å²) in [5.74, 6) is 0.804. The molecule has 0 bridgehead atoms. The molecule has 0 saturated carbocycles. The molecule has 0 radical (unpaired) electrons. The highest BCUT2D eigenvalue weighted by Crippen LogP contribution is 2.45. The van der Waals surface area contributed by atoms with Gasteiger partial charge in [0.15, 0.2) is 0 Å². The summed E-state index contributed by atoms with van der Waals surface area (Å²) in [6.45, 7) is 2.74. The molecule has 1 aromatic rings. The zero-order valence-corrected chi connectivity index (χ0v) is 9.35. The summed E-state index contributed by atoms with van der Waals surface area (Å²) in [7, 11) is 0. The summed E-state index contributed by atoms with van der Waals surface area (Å²) < 4.78 is 11.7. The van der Waals surface area contributed by atoms with Crippen LogP contribution in [0.2, 0.25) is 0 Å².